The summed E-state index contributed by atoms with van der Waals surface area (Å²) in [6.45, 7) is 4.52. The number of Topliss-reactive ketones (excluding diaryl/α,β-unsaturated/α-hetero) is 1. The van der Waals surface area contributed by atoms with Crippen molar-refractivity contribution >= 4 is 33.4 Å². The predicted octanol–water partition coefficient (Wildman–Crippen LogP) is 5.79. The summed E-state index contributed by atoms with van der Waals surface area (Å²) in [4.78, 5) is 28.0. The van der Waals surface area contributed by atoms with Crippen LogP contribution in [0, 0.1) is 6.92 Å². The lowest BCUT2D eigenvalue weighted by Crippen LogP contribution is -2.29. The van der Waals surface area contributed by atoms with Gasteiger partial charge >= 0.3 is 0 Å². The Hall–Kier alpha value is -3.58. The van der Waals surface area contributed by atoms with Crippen LogP contribution in [-0.4, -0.2) is 35.4 Å². The molecule has 0 aromatic heterocycles. The summed E-state index contributed by atoms with van der Waals surface area (Å²) in [6, 6.07) is 19.1. The Balaban J connectivity index is 1.82. The second kappa shape index (κ2) is 10.4. The Bertz CT molecular complexity index is 1280. The number of carbonyl (C=O) groups is 2. The number of rotatable bonds is 7. The molecular formula is C28H26BrNO5. The van der Waals surface area contributed by atoms with Crippen molar-refractivity contribution in [1.82, 2.24) is 4.90 Å². The second-order valence-electron chi connectivity index (χ2n) is 8.24. The van der Waals surface area contributed by atoms with Crippen LogP contribution in [0.25, 0.3) is 5.76 Å². The average molecular weight is 536 g/mol. The molecule has 35 heavy (non-hydrogen) atoms. The smallest absolute Gasteiger partial charge is 0.295 e. The molecule has 1 fully saturated rings. The number of carbonyl (C=O) groups excluding carboxylic acids is 2. The van der Waals surface area contributed by atoms with E-state index in [4.69, 9.17) is 9.47 Å². The first-order valence-electron chi connectivity index (χ1n) is 11.2. The van der Waals surface area contributed by atoms with Gasteiger partial charge in [0.15, 0.2) is 0 Å². The summed E-state index contributed by atoms with van der Waals surface area (Å²) >= 11 is 3.46. The molecular weight excluding hydrogens is 510 g/mol. The van der Waals surface area contributed by atoms with E-state index in [1.807, 2.05) is 56.3 Å². The number of likely N-dealkylation sites (tertiary alicyclic amines) is 1. The van der Waals surface area contributed by atoms with Crippen LogP contribution in [0.1, 0.15) is 35.2 Å². The van der Waals surface area contributed by atoms with Gasteiger partial charge in [-0.1, -0.05) is 46.3 Å². The Morgan fingerprint density at radius 1 is 1.00 bits per heavy atom. The van der Waals surface area contributed by atoms with Crippen molar-refractivity contribution in [2.24, 2.45) is 0 Å². The SMILES string of the molecule is CCOc1ccc(C2/C(=C(/O)c3ccc(Br)c(C)c3)C(=O)C(=O)N2Cc2ccc(OC)cc2)cc1. The molecule has 3 aromatic rings. The van der Waals surface area contributed by atoms with Crippen LogP contribution in [0.2, 0.25) is 0 Å². The minimum Gasteiger partial charge on any atom is -0.507 e. The molecule has 7 heteroatoms. The van der Waals surface area contributed by atoms with Gasteiger partial charge < -0.3 is 19.5 Å². The fourth-order valence-electron chi connectivity index (χ4n) is 4.18. The Labute approximate surface area is 212 Å². The normalized spacial score (nSPS) is 17.0. The van der Waals surface area contributed by atoms with Gasteiger partial charge in [-0.3, -0.25) is 9.59 Å². The van der Waals surface area contributed by atoms with Crippen molar-refractivity contribution in [3.63, 3.8) is 0 Å². The quantitative estimate of drug-likeness (QED) is 0.235. The van der Waals surface area contributed by atoms with Crippen molar-refractivity contribution in [1.29, 1.82) is 0 Å². The molecule has 0 bridgehead atoms. The molecule has 1 aliphatic heterocycles. The number of amides is 1. The average Bonchev–Trinajstić information content (AvgIpc) is 3.11. The number of ether oxygens (including phenoxy) is 2. The number of hydrogen-bond acceptors (Lipinski definition) is 5. The van der Waals surface area contributed by atoms with Gasteiger partial charge in [0, 0.05) is 16.6 Å². The third-order valence-corrected chi connectivity index (χ3v) is 6.88. The molecule has 1 heterocycles. The maximum absolute atomic E-state index is 13.3. The molecule has 4 rings (SSSR count). The van der Waals surface area contributed by atoms with Crippen LogP contribution in [0.3, 0.4) is 0 Å². The van der Waals surface area contributed by atoms with Gasteiger partial charge in [-0.2, -0.15) is 0 Å². The number of halogens is 1. The number of nitrogens with zero attached hydrogens (tertiary/aromatic N) is 1. The summed E-state index contributed by atoms with van der Waals surface area (Å²) < 4.78 is 11.7. The van der Waals surface area contributed by atoms with Crippen molar-refractivity contribution in [2.45, 2.75) is 26.4 Å². The molecule has 0 saturated carbocycles. The molecule has 1 N–H and O–H groups in total. The van der Waals surface area contributed by atoms with Gasteiger partial charge in [0.05, 0.1) is 25.3 Å². The summed E-state index contributed by atoms with van der Waals surface area (Å²) in [5.41, 5.74) is 2.98. The van der Waals surface area contributed by atoms with E-state index in [2.05, 4.69) is 15.9 Å². The van der Waals surface area contributed by atoms with E-state index in [-0.39, 0.29) is 17.9 Å². The largest absolute Gasteiger partial charge is 0.507 e. The first-order valence-corrected chi connectivity index (χ1v) is 12.0. The van der Waals surface area contributed by atoms with Crippen molar-refractivity contribution in [2.75, 3.05) is 13.7 Å². The summed E-state index contributed by atoms with van der Waals surface area (Å²) in [5, 5.41) is 11.3. The highest BCUT2D eigenvalue weighted by atomic mass is 79.9. The standard InChI is InChI=1S/C28H26BrNO5/c1-4-35-22-12-7-19(8-13-22)25-24(26(31)20-9-14-23(29)17(2)15-20)27(32)28(33)30(25)16-18-5-10-21(34-3)11-6-18/h5-15,25,31H,4,16H2,1-3H3/b26-24-. The van der Waals surface area contributed by atoms with Crippen LogP contribution >= 0.6 is 15.9 Å². The minimum atomic E-state index is -0.753. The minimum absolute atomic E-state index is 0.0643. The number of aryl methyl sites for hydroxylation is 1. The predicted molar refractivity (Wildman–Crippen MR) is 137 cm³/mol. The lowest BCUT2D eigenvalue weighted by molar-refractivity contribution is -0.140. The second-order valence-corrected chi connectivity index (χ2v) is 9.10. The summed E-state index contributed by atoms with van der Waals surface area (Å²) in [6.07, 6.45) is 0. The van der Waals surface area contributed by atoms with Crippen molar-refractivity contribution in [3.8, 4) is 11.5 Å². The van der Waals surface area contributed by atoms with Crippen molar-refractivity contribution < 1.29 is 24.2 Å². The van der Waals surface area contributed by atoms with Gasteiger partial charge in [0.1, 0.15) is 17.3 Å². The molecule has 1 unspecified atom stereocenters. The van der Waals surface area contributed by atoms with Crippen LogP contribution in [0.4, 0.5) is 0 Å². The Morgan fingerprint density at radius 3 is 2.26 bits per heavy atom. The highest BCUT2D eigenvalue weighted by Crippen LogP contribution is 2.41. The topological polar surface area (TPSA) is 76.1 Å². The Morgan fingerprint density at radius 2 is 1.66 bits per heavy atom. The number of aliphatic hydroxyl groups excluding tert-OH is 1. The molecule has 1 atom stereocenters. The van der Waals surface area contributed by atoms with Crippen LogP contribution < -0.4 is 9.47 Å². The first-order chi connectivity index (χ1) is 16.8. The third kappa shape index (κ3) is 4.95. The monoisotopic (exact) mass is 535 g/mol. The maximum Gasteiger partial charge on any atom is 0.295 e. The van der Waals surface area contributed by atoms with Crippen LogP contribution in [-0.2, 0) is 16.1 Å². The lowest BCUT2D eigenvalue weighted by atomic mass is 9.94. The van der Waals surface area contributed by atoms with Gasteiger partial charge in [0.2, 0.25) is 0 Å². The molecule has 0 aliphatic carbocycles. The van der Waals surface area contributed by atoms with Crippen LogP contribution in [0.15, 0.2) is 76.8 Å². The van der Waals surface area contributed by atoms with E-state index < -0.39 is 17.7 Å². The molecule has 1 aliphatic rings. The van der Waals surface area contributed by atoms with Crippen molar-refractivity contribution in [3.05, 3.63) is 99.0 Å². The van der Waals surface area contributed by atoms with E-state index in [1.165, 1.54) is 4.90 Å². The van der Waals surface area contributed by atoms with E-state index in [0.717, 1.165) is 15.6 Å². The highest BCUT2D eigenvalue weighted by molar-refractivity contribution is 9.10. The fraction of sp³-hybridized carbons (Fsp3) is 0.214. The van der Waals surface area contributed by atoms with E-state index >= 15 is 0 Å². The molecule has 1 saturated heterocycles. The third-order valence-electron chi connectivity index (χ3n) is 5.99. The van der Waals surface area contributed by atoms with Gasteiger partial charge in [-0.05, 0) is 66.9 Å². The maximum atomic E-state index is 13.3. The molecule has 180 valence electrons. The lowest BCUT2D eigenvalue weighted by Gasteiger charge is -2.25. The molecule has 3 aromatic carbocycles. The summed E-state index contributed by atoms with van der Waals surface area (Å²) in [5.74, 6) is -0.183. The number of hydrogen-bond donors (Lipinski definition) is 1. The van der Waals surface area contributed by atoms with Crippen LogP contribution in [0.5, 0.6) is 11.5 Å². The highest BCUT2D eigenvalue weighted by Gasteiger charge is 2.46. The zero-order chi connectivity index (χ0) is 25.1. The Kier molecular flexibility index (Phi) is 7.26. The number of methoxy groups -OCH3 is 1. The van der Waals surface area contributed by atoms with Gasteiger partial charge in [0.25, 0.3) is 11.7 Å². The zero-order valence-corrected chi connectivity index (χ0v) is 21.3. The fourth-order valence-corrected chi connectivity index (χ4v) is 4.42. The van der Waals surface area contributed by atoms with E-state index in [1.54, 1.807) is 31.4 Å². The molecule has 6 nitrogen and oxygen atoms in total. The van der Waals surface area contributed by atoms with E-state index in [9.17, 15) is 14.7 Å². The number of benzene rings is 3. The first kappa shape index (κ1) is 24.5. The molecule has 1 amide bonds. The zero-order valence-electron chi connectivity index (χ0n) is 19.7. The van der Waals surface area contributed by atoms with Gasteiger partial charge in [-0.25, -0.2) is 0 Å². The summed E-state index contributed by atoms with van der Waals surface area (Å²) in [7, 11) is 1.59. The van der Waals surface area contributed by atoms with Gasteiger partial charge in [-0.15, -0.1) is 0 Å². The number of aliphatic hydroxyl groups is 1. The molecule has 0 spiro atoms. The number of ketones is 1. The molecule has 0 radical (unpaired) electrons. The van der Waals surface area contributed by atoms with E-state index in [0.29, 0.717) is 29.2 Å².